The molecule has 2 aromatic rings. The summed E-state index contributed by atoms with van der Waals surface area (Å²) in [6.07, 6.45) is 1.75. The summed E-state index contributed by atoms with van der Waals surface area (Å²) in [5.41, 5.74) is 2.86. The van der Waals surface area contributed by atoms with E-state index in [0.717, 1.165) is 48.0 Å². The van der Waals surface area contributed by atoms with Crippen molar-refractivity contribution >= 4 is 35.8 Å². The highest BCUT2D eigenvalue weighted by molar-refractivity contribution is 14.0. The number of nitrogens with one attached hydrogen (secondary N) is 2. The van der Waals surface area contributed by atoms with Gasteiger partial charge in [0.15, 0.2) is 17.5 Å². The summed E-state index contributed by atoms with van der Waals surface area (Å²) in [5, 5.41) is 6.28. The zero-order chi connectivity index (χ0) is 22.6. The number of carbonyl (C=O) groups excluding carboxylic acids is 1. The van der Waals surface area contributed by atoms with E-state index in [0.29, 0.717) is 18.7 Å². The molecule has 0 spiro atoms. The van der Waals surface area contributed by atoms with Crippen molar-refractivity contribution < 1.29 is 14.3 Å². The SMILES string of the molecule is CCCNC(=O)c1cccc(CNC(=NC)N(C)CCc2ccc(OC)c(OC)c2)c1.I. The molecule has 0 heterocycles. The van der Waals surface area contributed by atoms with Gasteiger partial charge in [-0.05, 0) is 48.2 Å². The van der Waals surface area contributed by atoms with Crippen molar-refractivity contribution in [2.45, 2.75) is 26.3 Å². The van der Waals surface area contributed by atoms with Gasteiger partial charge in [-0.1, -0.05) is 25.1 Å². The number of nitrogens with zero attached hydrogens (tertiary/aromatic N) is 2. The zero-order valence-corrected chi connectivity index (χ0v) is 21.9. The molecule has 176 valence electrons. The summed E-state index contributed by atoms with van der Waals surface area (Å²) < 4.78 is 10.7. The maximum Gasteiger partial charge on any atom is 0.251 e. The molecule has 0 aromatic heterocycles. The Bertz CT molecular complexity index is 889. The van der Waals surface area contributed by atoms with Crippen molar-refractivity contribution in [3.8, 4) is 11.5 Å². The minimum absolute atomic E-state index is 0. The quantitative estimate of drug-likeness (QED) is 0.266. The Morgan fingerprint density at radius 2 is 1.78 bits per heavy atom. The number of hydrogen-bond donors (Lipinski definition) is 2. The van der Waals surface area contributed by atoms with Crippen LogP contribution in [0.2, 0.25) is 0 Å². The lowest BCUT2D eigenvalue weighted by Crippen LogP contribution is -2.39. The number of ether oxygens (including phenoxy) is 2. The average Bonchev–Trinajstić information content (AvgIpc) is 2.81. The third-order valence-electron chi connectivity index (χ3n) is 4.93. The fourth-order valence-electron chi connectivity index (χ4n) is 3.17. The number of aliphatic imine (C=N–C) groups is 1. The topological polar surface area (TPSA) is 75.2 Å². The summed E-state index contributed by atoms with van der Waals surface area (Å²) in [7, 11) is 7.05. The Labute approximate surface area is 208 Å². The van der Waals surface area contributed by atoms with E-state index >= 15 is 0 Å². The molecule has 0 unspecified atom stereocenters. The van der Waals surface area contributed by atoms with Crippen molar-refractivity contribution in [2.24, 2.45) is 4.99 Å². The van der Waals surface area contributed by atoms with Gasteiger partial charge < -0.3 is 25.0 Å². The van der Waals surface area contributed by atoms with Gasteiger partial charge in [-0.3, -0.25) is 9.79 Å². The van der Waals surface area contributed by atoms with Gasteiger partial charge in [-0.15, -0.1) is 24.0 Å². The smallest absolute Gasteiger partial charge is 0.251 e. The van der Waals surface area contributed by atoms with E-state index in [4.69, 9.17) is 9.47 Å². The number of guanidine groups is 1. The van der Waals surface area contributed by atoms with Crippen LogP contribution in [0.3, 0.4) is 0 Å². The fourth-order valence-corrected chi connectivity index (χ4v) is 3.17. The van der Waals surface area contributed by atoms with Crippen LogP contribution in [0.1, 0.15) is 34.8 Å². The number of amides is 1. The molecule has 0 fully saturated rings. The first-order valence-corrected chi connectivity index (χ1v) is 10.5. The maximum absolute atomic E-state index is 12.2. The van der Waals surface area contributed by atoms with Crippen LogP contribution in [0, 0.1) is 0 Å². The van der Waals surface area contributed by atoms with Crippen LogP contribution >= 0.6 is 24.0 Å². The maximum atomic E-state index is 12.2. The number of halogens is 1. The van der Waals surface area contributed by atoms with Gasteiger partial charge in [0, 0.05) is 39.3 Å². The van der Waals surface area contributed by atoms with E-state index in [1.54, 1.807) is 21.3 Å². The van der Waals surface area contributed by atoms with Crippen LogP contribution in [-0.4, -0.2) is 58.2 Å². The fraction of sp³-hybridized carbons (Fsp3) is 0.417. The lowest BCUT2D eigenvalue weighted by atomic mass is 10.1. The highest BCUT2D eigenvalue weighted by Gasteiger charge is 2.10. The number of methoxy groups -OCH3 is 2. The lowest BCUT2D eigenvalue weighted by molar-refractivity contribution is 0.0953. The number of rotatable bonds is 10. The second-order valence-corrected chi connectivity index (χ2v) is 7.22. The van der Waals surface area contributed by atoms with Crippen LogP contribution in [-0.2, 0) is 13.0 Å². The molecular formula is C24H35IN4O3. The van der Waals surface area contributed by atoms with Crippen molar-refractivity contribution in [2.75, 3.05) is 41.4 Å². The zero-order valence-electron chi connectivity index (χ0n) is 19.6. The largest absolute Gasteiger partial charge is 0.493 e. The lowest BCUT2D eigenvalue weighted by Gasteiger charge is -2.22. The minimum atomic E-state index is -0.0416. The van der Waals surface area contributed by atoms with Crippen LogP contribution in [0.4, 0.5) is 0 Å². The van der Waals surface area contributed by atoms with Gasteiger partial charge in [0.05, 0.1) is 14.2 Å². The summed E-state index contributed by atoms with van der Waals surface area (Å²) >= 11 is 0. The number of likely N-dealkylation sites (N-methyl/N-ethyl adjacent to an activating group) is 1. The van der Waals surface area contributed by atoms with Gasteiger partial charge in [-0.25, -0.2) is 0 Å². The second-order valence-electron chi connectivity index (χ2n) is 7.22. The molecule has 0 atom stereocenters. The van der Waals surface area contributed by atoms with Crippen LogP contribution in [0.5, 0.6) is 11.5 Å². The van der Waals surface area contributed by atoms with Gasteiger partial charge >= 0.3 is 0 Å². The first-order valence-electron chi connectivity index (χ1n) is 10.5. The Hall–Kier alpha value is -2.49. The van der Waals surface area contributed by atoms with Gasteiger partial charge in [0.25, 0.3) is 5.91 Å². The predicted molar refractivity (Wildman–Crippen MR) is 141 cm³/mol. The molecule has 2 N–H and O–H groups in total. The van der Waals surface area contributed by atoms with Crippen LogP contribution < -0.4 is 20.1 Å². The molecule has 1 amide bonds. The summed E-state index contributed by atoms with van der Waals surface area (Å²) in [6.45, 7) is 4.09. The van der Waals surface area contributed by atoms with Gasteiger partial charge in [0.1, 0.15) is 0 Å². The standard InChI is InChI=1S/C24H34N4O3.HI/c1-6-13-26-23(29)20-9-7-8-19(15-20)17-27-24(25-2)28(3)14-12-18-10-11-21(30-4)22(16-18)31-5;/h7-11,15-16H,6,12-14,17H2,1-5H3,(H,25,27)(H,26,29);1H. The number of carbonyl (C=O) groups is 1. The normalized spacial score (nSPS) is 10.7. The Balaban J connectivity index is 0.00000512. The third-order valence-corrected chi connectivity index (χ3v) is 4.93. The molecule has 0 aliphatic heterocycles. The Kier molecular flexibility index (Phi) is 12.5. The Morgan fingerprint density at radius 3 is 2.44 bits per heavy atom. The first-order chi connectivity index (χ1) is 15.0. The van der Waals surface area contributed by atoms with E-state index in [9.17, 15) is 4.79 Å². The highest BCUT2D eigenvalue weighted by Crippen LogP contribution is 2.27. The summed E-state index contributed by atoms with van der Waals surface area (Å²) in [6, 6.07) is 13.6. The Morgan fingerprint density at radius 1 is 1.03 bits per heavy atom. The molecule has 7 nitrogen and oxygen atoms in total. The molecule has 0 saturated carbocycles. The monoisotopic (exact) mass is 554 g/mol. The first kappa shape index (κ1) is 27.5. The van der Waals surface area contributed by atoms with E-state index in [-0.39, 0.29) is 29.9 Å². The third kappa shape index (κ3) is 8.22. The molecule has 0 aliphatic carbocycles. The molecule has 0 aliphatic rings. The van der Waals surface area contributed by atoms with E-state index in [1.165, 1.54) is 0 Å². The van der Waals surface area contributed by atoms with E-state index in [2.05, 4.69) is 20.5 Å². The molecule has 0 bridgehead atoms. The summed E-state index contributed by atoms with van der Waals surface area (Å²) in [5.74, 6) is 2.21. The van der Waals surface area contributed by atoms with Crippen molar-refractivity contribution in [3.63, 3.8) is 0 Å². The van der Waals surface area contributed by atoms with Crippen molar-refractivity contribution in [3.05, 3.63) is 59.2 Å². The predicted octanol–water partition coefficient (Wildman–Crippen LogP) is 3.71. The van der Waals surface area contributed by atoms with Crippen LogP contribution in [0.25, 0.3) is 0 Å². The summed E-state index contributed by atoms with van der Waals surface area (Å²) in [4.78, 5) is 18.6. The molecule has 2 aromatic carbocycles. The van der Waals surface area contributed by atoms with E-state index < -0.39 is 0 Å². The van der Waals surface area contributed by atoms with E-state index in [1.807, 2.05) is 56.4 Å². The second kappa shape index (κ2) is 14.5. The van der Waals surface area contributed by atoms with Crippen molar-refractivity contribution in [1.29, 1.82) is 0 Å². The van der Waals surface area contributed by atoms with Crippen molar-refractivity contribution in [1.82, 2.24) is 15.5 Å². The molecule has 2 rings (SSSR count). The highest BCUT2D eigenvalue weighted by atomic mass is 127. The average molecular weight is 554 g/mol. The molecule has 0 radical (unpaired) electrons. The molecule has 0 saturated heterocycles. The molecule has 8 heteroatoms. The van der Waals surface area contributed by atoms with Crippen LogP contribution in [0.15, 0.2) is 47.5 Å². The van der Waals surface area contributed by atoms with Gasteiger partial charge in [0.2, 0.25) is 0 Å². The molecular weight excluding hydrogens is 519 g/mol. The number of hydrogen-bond acceptors (Lipinski definition) is 4. The van der Waals surface area contributed by atoms with Gasteiger partial charge in [-0.2, -0.15) is 0 Å². The molecule has 32 heavy (non-hydrogen) atoms. The minimum Gasteiger partial charge on any atom is -0.493 e. The number of benzene rings is 2.